The molecule has 5 nitrogen and oxygen atoms in total. The molecule has 0 amide bonds. The summed E-state index contributed by atoms with van der Waals surface area (Å²) in [7, 11) is 0. The van der Waals surface area contributed by atoms with E-state index < -0.39 is 5.60 Å². The lowest BCUT2D eigenvalue weighted by molar-refractivity contribution is 0.0344. The molecule has 0 unspecified atom stereocenters. The second-order valence-corrected chi connectivity index (χ2v) is 5.80. The van der Waals surface area contributed by atoms with Gasteiger partial charge in [0, 0.05) is 44.5 Å². The van der Waals surface area contributed by atoms with Crippen LogP contribution in [0.3, 0.4) is 0 Å². The average molecular weight is 264 g/mol. The molecule has 1 N–H and O–H groups in total. The Morgan fingerprint density at radius 1 is 1.21 bits per heavy atom. The van der Waals surface area contributed by atoms with E-state index in [2.05, 4.69) is 32.8 Å². The fourth-order valence-electron chi connectivity index (χ4n) is 2.43. The summed E-state index contributed by atoms with van der Waals surface area (Å²) in [6, 6.07) is 2.08. The van der Waals surface area contributed by atoms with Gasteiger partial charge in [0.05, 0.1) is 5.60 Å². The molecule has 0 saturated carbocycles. The Labute approximate surface area is 115 Å². The Morgan fingerprint density at radius 2 is 1.89 bits per heavy atom. The van der Waals surface area contributed by atoms with Gasteiger partial charge in [-0.2, -0.15) is 0 Å². The van der Waals surface area contributed by atoms with Crippen LogP contribution in [-0.4, -0.2) is 58.3 Å². The molecule has 1 aliphatic rings. The van der Waals surface area contributed by atoms with E-state index in [4.69, 9.17) is 0 Å². The monoisotopic (exact) mass is 264 g/mol. The van der Waals surface area contributed by atoms with Crippen molar-refractivity contribution in [1.29, 1.82) is 0 Å². The van der Waals surface area contributed by atoms with E-state index in [9.17, 15) is 5.11 Å². The van der Waals surface area contributed by atoms with Gasteiger partial charge in [-0.3, -0.25) is 4.90 Å². The second kappa shape index (κ2) is 5.84. The first-order valence-corrected chi connectivity index (χ1v) is 6.98. The number of nitrogens with zero attached hydrogens (tertiary/aromatic N) is 4. The highest BCUT2D eigenvalue weighted by Crippen LogP contribution is 2.15. The second-order valence-electron chi connectivity index (χ2n) is 5.80. The Kier molecular flexibility index (Phi) is 4.37. The van der Waals surface area contributed by atoms with Crippen molar-refractivity contribution in [2.45, 2.75) is 32.8 Å². The van der Waals surface area contributed by atoms with Crippen molar-refractivity contribution in [3.63, 3.8) is 0 Å². The maximum Gasteiger partial charge on any atom is 0.132 e. The Hall–Kier alpha value is -1.20. The summed E-state index contributed by atoms with van der Waals surface area (Å²) in [5, 5.41) is 9.85. The summed E-state index contributed by atoms with van der Waals surface area (Å²) in [6.07, 6.45) is 2.59. The molecule has 106 valence electrons. The van der Waals surface area contributed by atoms with Gasteiger partial charge in [-0.25, -0.2) is 9.97 Å². The predicted molar refractivity (Wildman–Crippen MR) is 76.4 cm³/mol. The molecule has 0 radical (unpaired) electrons. The van der Waals surface area contributed by atoms with Crippen molar-refractivity contribution < 1.29 is 5.11 Å². The topological polar surface area (TPSA) is 52.5 Å². The van der Waals surface area contributed by atoms with Crippen molar-refractivity contribution in [3.8, 4) is 0 Å². The molecule has 1 aliphatic heterocycles. The van der Waals surface area contributed by atoms with Gasteiger partial charge in [0.2, 0.25) is 0 Å². The predicted octanol–water partition coefficient (Wildman–Crippen LogP) is 0.932. The van der Waals surface area contributed by atoms with E-state index >= 15 is 0 Å². The molecule has 2 heterocycles. The quantitative estimate of drug-likeness (QED) is 0.877. The van der Waals surface area contributed by atoms with Gasteiger partial charge in [-0.15, -0.1) is 0 Å². The molecular weight excluding hydrogens is 240 g/mol. The third-order valence-corrected chi connectivity index (χ3v) is 3.38. The molecule has 2 rings (SSSR count). The number of hydrogen-bond acceptors (Lipinski definition) is 5. The first-order chi connectivity index (χ1) is 8.98. The fraction of sp³-hybridized carbons (Fsp3) is 0.714. The van der Waals surface area contributed by atoms with Crippen LogP contribution in [0.1, 0.15) is 26.5 Å². The van der Waals surface area contributed by atoms with E-state index in [0.29, 0.717) is 0 Å². The lowest BCUT2D eigenvalue weighted by Crippen LogP contribution is -2.50. The number of rotatable bonds is 4. The Morgan fingerprint density at radius 3 is 2.47 bits per heavy atom. The first-order valence-electron chi connectivity index (χ1n) is 6.98. The van der Waals surface area contributed by atoms with Crippen molar-refractivity contribution >= 4 is 5.82 Å². The summed E-state index contributed by atoms with van der Waals surface area (Å²) < 4.78 is 0. The zero-order chi connectivity index (χ0) is 13.9. The highest BCUT2D eigenvalue weighted by molar-refractivity contribution is 5.39. The summed E-state index contributed by atoms with van der Waals surface area (Å²) in [5.41, 5.74) is 0.468. The number of piperazine rings is 1. The average Bonchev–Trinajstić information content (AvgIpc) is 2.38. The largest absolute Gasteiger partial charge is 0.389 e. The molecule has 19 heavy (non-hydrogen) atoms. The number of aryl methyl sites for hydroxylation is 1. The number of aromatic nitrogens is 2. The smallest absolute Gasteiger partial charge is 0.132 e. The molecule has 1 aromatic heterocycles. The van der Waals surface area contributed by atoms with Crippen LogP contribution in [0, 0.1) is 0 Å². The minimum atomic E-state index is -0.619. The first kappa shape index (κ1) is 14.2. The zero-order valence-corrected chi connectivity index (χ0v) is 12.1. The summed E-state index contributed by atoms with van der Waals surface area (Å²) in [5.74, 6) is 1.02. The number of aliphatic hydroxyl groups is 1. The third-order valence-electron chi connectivity index (χ3n) is 3.38. The van der Waals surface area contributed by atoms with Crippen molar-refractivity contribution in [2.24, 2.45) is 0 Å². The van der Waals surface area contributed by atoms with Gasteiger partial charge in [0.15, 0.2) is 0 Å². The van der Waals surface area contributed by atoms with Gasteiger partial charge in [0.25, 0.3) is 0 Å². The molecule has 0 bridgehead atoms. The number of β-amino-alcohol motifs (C(OH)–C–C–N with tert-alkyl or cyclic N) is 1. The maximum absolute atomic E-state index is 9.85. The van der Waals surface area contributed by atoms with Crippen LogP contribution in [0.25, 0.3) is 0 Å². The van der Waals surface area contributed by atoms with E-state index in [1.54, 1.807) is 6.33 Å². The summed E-state index contributed by atoms with van der Waals surface area (Å²) in [6.45, 7) is 10.4. The van der Waals surface area contributed by atoms with Crippen LogP contribution < -0.4 is 4.90 Å². The van der Waals surface area contributed by atoms with Crippen LogP contribution >= 0.6 is 0 Å². The van der Waals surface area contributed by atoms with Crippen molar-refractivity contribution in [2.75, 3.05) is 37.6 Å². The zero-order valence-electron chi connectivity index (χ0n) is 12.1. The van der Waals surface area contributed by atoms with Crippen molar-refractivity contribution in [1.82, 2.24) is 14.9 Å². The lowest BCUT2D eigenvalue weighted by atomic mass is 10.1. The SMILES string of the molecule is CCc1cc(N2CCN(CC(C)(C)O)CC2)ncn1. The number of hydrogen-bond donors (Lipinski definition) is 1. The van der Waals surface area contributed by atoms with Crippen molar-refractivity contribution in [3.05, 3.63) is 18.1 Å². The lowest BCUT2D eigenvalue weighted by Gasteiger charge is -2.37. The van der Waals surface area contributed by atoms with E-state index in [1.165, 1.54) is 0 Å². The van der Waals surface area contributed by atoms with E-state index in [-0.39, 0.29) is 0 Å². The molecule has 0 aliphatic carbocycles. The standard InChI is InChI=1S/C14H24N4O/c1-4-12-9-13(16-11-15-12)18-7-5-17(6-8-18)10-14(2,3)19/h9,11,19H,4-8,10H2,1-3H3. The fourth-order valence-corrected chi connectivity index (χ4v) is 2.43. The molecule has 0 aromatic carbocycles. The van der Waals surface area contributed by atoms with Gasteiger partial charge in [0.1, 0.15) is 12.1 Å². The van der Waals surface area contributed by atoms with Crippen LogP contribution in [-0.2, 0) is 6.42 Å². The van der Waals surface area contributed by atoms with Gasteiger partial charge in [-0.1, -0.05) is 6.92 Å². The minimum absolute atomic E-state index is 0.619. The maximum atomic E-state index is 9.85. The van der Waals surface area contributed by atoms with Gasteiger partial charge in [-0.05, 0) is 20.3 Å². The molecular formula is C14H24N4O. The van der Waals surface area contributed by atoms with Gasteiger partial charge < -0.3 is 10.0 Å². The molecule has 0 spiro atoms. The minimum Gasteiger partial charge on any atom is -0.389 e. The molecule has 0 atom stereocenters. The van der Waals surface area contributed by atoms with Crippen LogP contribution in [0.4, 0.5) is 5.82 Å². The molecule has 1 fully saturated rings. The number of anilines is 1. The summed E-state index contributed by atoms with van der Waals surface area (Å²) >= 11 is 0. The Bertz CT molecular complexity index is 408. The van der Waals surface area contributed by atoms with Crippen LogP contribution in [0.15, 0.2) is 12.4 Å². The normalized spacial score (nSPS) is 17.8. The van der Waals surface area contributed by atoms with Gasteiger partial charge >= 0.3 is 0 Å². The Balaban J connectivity index is 1.92. The summed E-state index contributed by atoms with van der Waals surface area (Å²) in [4.78, 5) is 13.2. The molecule has 1 aromatic rings. The highest BCUT2D eigenvalue weighted by Gasteiger charge is 2.23. The van der Waals surface area contributed by atoms with E-state index in [1.807, 2.05) is 13.8 Å². The van der Waals surface area contributed by atoms with E-state index in [0.717, 1.165) is 50.7 Å². The van der Waals surface area contributed by atoms with Crippen LogP contribution in [0.5, 0.6) is 0 Å². The highest BCUT2D eigenvalue weighted by atomic mass is 16.3. The molecule has 5 heteroatoms. The van der Waals surface area contributed by atoms with Crippen LogP contribution in [0.2, 0.25) is 0 Å². The molecule has 1 saturated heterocycles. The third kappa shape index (κ3) is 4.14.